The molecule has 0 aliphatic carbocycles. The molecule has 3 saturated heterocycles. The number of fused-ring (bicyclic) bond motifs is 4. The molecule has 132 valence electrons. The van der Waals surface area contributed by atoms with Gasteiger partial charge in [0.15, 0.2) is 6.61 Å². The summed E-state index contributed by atoms with van der Waals surface area (Å²) < 4.78 is 10.9. The lowest BCUT2D eigenvalue weighted by Crippen LogP contribution is -2.45. The van der Waals surface area contributed by atoms with Crippen molar-refractivity contribution < 1.29 is 14.3 Å². The van der Waals surface area contributed by atoms with Gasteiger partial charge in [-0.2, -0.15) is 0 Å². The normalized spacial score (nSPS) is 23.8. The standard InChI is InChI=1S/C19H28N2O3/c1-3-9-20-11-15-7-8-16(20)13-21(12-15)19(22)14-24-18-6-4-5-17(10-18)23-2/h4-6,10,15-16H,3,7-9,11-14H2,1-2H3/t15-,16-/m0/s1. The van der Waals surface area contributed by atoms with Crippen LogP contribution in [0.2, 0.25) is 0 Å². The fraction of sp³-hybridized carbons (Fsp3) is 0.632. The first-order valence-electron chi connectivity index (χ1n) is 8.98. The fourth-order valence-corrected chi connectivity index (χ4v) is 3.87. The van der Waals surface area contributed by atoms with Crippen molar-refractivity contribution in [3.63, 3.8) is 0 Å². The van der Waals surface area contributed by atoms with Gasteiger partial charge in [0.2, 0.25) is 0 Å². The maximum Gasteiger partial charge on any atom is 0.260 e. The third kappa shape index (κ3) is 4.01. The Hall–Kier alpha value is -1.75. The lowest BCUT2D eigenvalue weighted by Gasteiger charge is -2.35. The third-order valence-corrected chi connectivity index (χ3v) is 5.09. The van der Waals surface area contributed by atoms with Crippen LogP contribution in [0.15, 0.2) is 24.3 Å². The van der Waals surface area contributed by atoms with E-state index in [0.29, 0.717) is 17.7 Å². The number of amides is 1. The second-order valence-electron chi connectivity index (χ2n) is 6.86. The smallest absolute Gasteiger partial charge is 0.260 e. The van der Waals surface area contributed by atoms with Crippen molar-refractivity contribution in [3.05, 3.63) is 24.3 Å². The Morgan fingerprint density at radius 2 is 2.04 bits per heavy atom. The first-order valence-corrected chi connectivity index (χ1v) is 8.98. The number of carbonyl (C=O) groups excluding carboxylic acids is 1. The summed E-state index contributed by atoms with van der Waals surface area (Å²) in [5.41, 5.74) is 0. The van der Waals surface area contributed by atoms with Gasteiger partial charge in [-0.15, -0.1) is 0 Å². The molecule has 0 N–H and O–H groups in total. The highest BCUT2D eigenvalue weighted by molar-refractivity contribution is 5.78. The summed E-state index contributed by atoms with van der Waals surface area (Å²) in [7, 11) is 1.62. The topological polar surface area (TPSA) is 42.0 Å². The second kappa shape index (κ2) is 7.88. The van der Waals surface area contributed by atoms with Gasteiger partial charge in [0.05, 0.1) is 7.11 Å². The van der Waals surface area contributed by atoms with Crippen LogP contribution in [0.3, 0.4) is 0 Å². The molecule has 2 atom stereocenters. The van der Waals surface area contributed by atoms with Crippen LogP contribution in [-0.4, -0.2) is 61.6 Å². The average molecular weight is 332 g/mol. The highest BCUT2D eigenvalue weighted by Gasteiger charge is 2.35. The number of rotatable bonds is 6. The summed E-state index contributed by atoms with van der Waals surface area (Å²) in [6.07, 6.45) is 3.63. The summed E-state index contributed by atoms with van der Waals surface area (Å²) in [6, 6.07) is 7.91. The summed E-state index contributed by atoms with van der Waals surface area (Å²) in [6.45, 7) is 6.32. The molecule has 2 bridgehead atoms. The van der Waals surface area contributed by atoms with Crippen molar-refractivity contribution in [1.29, 1.82) is 0 Å². The Labute approximate surface area is 144 Å². The van der Waals surface area contributed by atoms with Crippen LogP contribution in [0, 0.1) is 5.92 Å². The number of piperidine rings is 1. The maximum atomic E-state index is 12.6. The summed E-state index contributed by atoms with van der Waals surface area (Å²) in [5, 5.41) is 0. The molecule has 3 fully saturated rings. The second-order valence-corrected chi connectivity index (χ2v) is 6.86. The molecule has 5 heteroatoms. The molecule has 0 saturated carbocycles. The molecule has 4 rings (SSSR count). The van der Waals surface area contributed by atoms with Gasteiger partial charge in [-0.3, -0.25) is 9.69 Å². The first-order chi connectivity index (χ1) is 11.7. The minimum Gasteiger partial charge on any atom is -0.497 e. The third-order valence-electron chi connectivity index (χ3n) is 5.09. The van der Waals surface area contributed by atoms with E-state index in [2.05, 4.69) is 11.8 Å². The Balaban J connectivity index is 1.57. The van der Waals surface area contributed by atoms with E-state index >= 15 is 0 Å². The molecular weight excluding hydrogens is 304 g/mol. The molecule has 1 amide bonds. The van der Waals surface area contributed by atoms with Crippen LogP contribution >= 0.6 is 0 Å². The highest BCUT2D eigenvalue weighted by Crippen LogP contribution is 2.28. The van der Waals surface area contributed by atoms with Crippen LogP contribution in [0.5, 0.6) is 11.5 Å². The van der Waals surface area contributed by atoms with Crippen molar-refractivity contribution in [2.24, 2.45) is 5.92 Å². The Bertz CT molecular complexity index is 563. The van der Waals surface area contributed by atoms with Gasteiger partial charge >= 0.3 is 0 Å². The summed E-state index contributed by atoms with van der Waals surface area (Å²) in [4.78, 5) is 17.2. The number of hydrogen-bond acceptors (Lipinski definition) is 4. The van der Waals surface area contributed by atoms with E-state index < -0.39 is 0 Å². The van der Waals surface area contributed by atoms with E-state index in [1.165, 1.54) is 19.3 Å². The van der Waals surface area contributed by atoms with E-state index in [1.54, 1.807) is 7.11 Å². The zero-order chi connectivity index (χ0) is 16.9. The van der Waals surface area contributed by atoms with Gasteiger partial charge in [0, 0.05) is 31.7 Å². The zero-order valence-electron chi connectivity index (χ0n) is 14.7. The van der Waals surface area contributed by atoms with Gasteiger partial charge in [-0.25, -0.2) is 0 Å². The van der Waals surface area contributed by atoms with Crippen LogP contribution in [0.1, 0.15) is 26.2 Å². The predicted octanol–water partition coefficient (Wildman–Crippen LogP) is 2.41. The minimum absolute atomic E-state index is 0.0908. The van der Waals surface area contributed by atoms with E-state index in [4.69, 9.17) is 9.47 Å². The van der Waals surface area contributed by atoms with Gasteiger partial charge in [-0.1, -0.05) is 13.0 Å². The molecule has 0 aromatic heterocycles. The van der Waals surface area contributed by atoms with E-state index in [-0.39, 0.29) is 12.5 Å². The van der Waals surface area contributed by atoms with Gasteiger partial charge in [0.1, 0.15) is 11.5 Å². The van der Waals surface area contributed by atoms with Crippen molar-refractivity contribution in [2.75, 3.05) is 39.9 Å². The number of hydrogen-bond donors (Lipinski definition) is 0. The fourth-order valence-electron chi connectivity index (χ4n) is 3.87. The highest BCUT2D eigenvalue weighted by atomic mass is 16.5. The molecule has 1 aromatic carbocycles. The molecule has 3 aliphatic rings. The molecule has 0 radical (unpaired) electrons. The quantitative estimate of drug-likeness (QED) is 0.802. The lowest BCUT2D eigenvalue weighted by molar-refractivity contribution is -0.133. The number of ether oxygens (including phenoxy) is 2. The molecule has 5 nitrogen and oxygen atoms in total. The van der Waals surface area contributed by atoms with Gasteiger partial charge < -0.3 is 14.4 Å². The molecular formula is C19H28N2O3. The van der Waals surface area contributed by atoms with Gasteiger partial charge in [-0.05, 0) is 43.9 Å². The largest absolute Gasteiger partial charge is 0.497 e. The molecule has 3 heterocycles. The number of methoxy groups -OCH3 is 1. The maximum absolute atomic E-state index is 12.6. The number of nitrogens with zero attached hydrogens (tertiary/aromatic N) is 2. The monoisotopic (exact) mass is 332 g/mol. The summed E-state index contributed by atoms with van der Waals surface area (Å²) >= 11 is 0. The number of carbonyl (C=O) groups is 1. The molecule has 24 heavy (non-hydrogen) atoms. The average Bonchev–Trinajstić information content (AvgIpc) is 2.92. The van der Waals surface area contributed by atoms with Crippen molar-refractivity contribution >= 4 is 5.91 Å². The van der Waals surface area contributed by atoms with E-state index in [1.807, 2.05) is 29.2 Å². The SMILES string of the molecule is CCCN1C[C@@H]2CC[C@H]1CN(C(=O)COc1cccc(OC)c1)C2. The Morgan fingerprint density at radius 1 is 1.21 bits per heavy atom. The molecule has 3 aliphatic heterocycles. The molecule has 0 unspecified atom stereocenters. The zero-order valence-corrected chi connectivity index (χ0v) is 14.7. The van der Waals surface area contributed by atoms with Gasteiger partial charge in [0.25, 0.3) is 5.91 Å². The van der Waals surface area contributed by atoms with E-state index in [9.17, 15) is 4.79 Å². The molecule has 0 spiro atoms. The number of benzene rings is 1. The van der Waals surface area contributed by atoms with Crippen LogP contribution in [0.4, 0.5) is 0 Å². The Kier molecular flexibility index (Phi) is 5.61. The minimum atomic E-state index is 0.0908. The van der Waals surface area contributed by atoms with E-state index in [0.717, 1.165) is 31.9 Å². The van der Waals surface area contributed by atoms with Crippen LogP contribution in [0.25, 0.3) is 0 Å². The Morgan fingerprint density at radius 3 is 2.83 bits per heavy atom. The first kappa shape index (κ1) is 17.1. The van der Waals surface area contributed by atoms with Crippen LogP contribution in [-0.2, 0) is 4.79 Å². The van der Waals surface area contributed by atoms with Crippen LogP contribution < -0.4 is 9.47 Å². The van der Waals surface area contributed by atoms with Crippen molar-refractivity contribution in [1.82, 2.24) is 9.80 Å². The lowest BCUT2D eigenvalue weighted by atomic mass is 9.95. The summed E-state index contributed by atoms with van der Waals surface area (Å²) in [5.74, 6) is 2.11. The molecule has 1 aromatic rings. The predicted molar refractivity (Wildman–Crippen MR) is 93.4 cm³/mol. The van der Waals surface area contributed by atoms with Crippen molar-refractivity contribution in [2.45, 2.75) is 32.2 Å². The van der Waals surface area contributed by atoms with Crippen molar-refractivity contribution in [3.8, 4) is 11.5 Å².